The van der Waals surface area contributed by atoms with Crippen molar-refractivity contribution in [2.24, 2.45) is 0 Å². The summed E-state index contributed by atoms with van der Waals surface area (Å²) >= 11 is -1.75. The Balaban J connectivity index is 0. The van der Waals surface area contributed by atoms with Crippen LogP contribution in [0.25, 0.3) is 0 Å². The summed E-state index contributed by atoms with van der Waals surface area (Å²) in [7, 11) is 0. The number of rotatable bonds is 0. The first-order valence-corrected chi connectivity index (χ1v) is 1.76. The molecule has 0 saturated carbocycles. The van der Waals surface area contributed by atoms with Crippen molar-refractivity contribution < 1.29 is 31.2 Å². The van der Waals surface area contributed by atoms with Crippen molar-refractivity contribution in [3.63, 3.8) is 0 Å². The average molecular weight is 101 g/mol. The summed E-state index contributed by atoms with van der Waals surface area (Å²) in [6.45, 7) is 0. The number of hydrogen-bond acceptors (Lipinski definition) is 1. The van der Waals surface area contributed by atoms with Crippen LogP contribution in [0, 0.1) is 0 Å². The molecule has 0 bridgehead atoms. The molecule has 4 heavy (non-hydrogen) atoms. The minimum absolute atomic E-state index is 0. The van der Waals surface area contributed by atoms with Gasteiger partial charge >= 0.3 is 26.5 Å². The van der Waals surface area contributed by atoms with Crippen molar-refractivity contribution in [2.45, 2.75) is 0 Å². The molecule has 0 fully saturated rings. The third-order valence-corrected chi connectivity index (χ3v) is 0. The van der Waals surface area contributed by atoms with Gasteiger partial charge < -0.3 is 0 Å². The zero-order chi connectivity index (χ0) is 2.71. The molecule has 0 spiro atoms. The van der Waals surface area contributed by atoms with E-state index in [0.29, 0.717) is 0 Å². The Labute approximate surface area is 31.9 Å². The Bertz CT molecular complexity index is 13.5. The maximum absolute atomic E-state index is 8.61. The van der Waals surface area contributed by atoms with E-state index in [1.54, 1.807) is 0 Å². The van der Waals surface area contributed by atoms with E-state index in [2.05, 4.69) is 0 Å². The van der Waals surface area contributed by atoms with E-state index in [-0.39, 0.29) is 4.70 Å². The summed E-state index contributed by atoms with van der Waals surface area (Å²) in [5.74, 6) is 0. The van der Waals surface area contributed by atoms with Gasteiger partial charge in [-0.05, 0) is 0 Å². The predicted octanol–water partition coefficient (Wildman–Crippen LogP) is -0.526. The van der Waals surface area contributed by atoms with Crippen LogP contribution in [0.3, 0.4) is 0 Å². The van der Waals surface area contributed by atoms with Crippen LogP contribution in [-0.4, -0.2) is 3.69 Å². The Morgan fingerprint density at radius 3 is 1.75 bits per heavy atom. The summed E-state index contributed by atoms with van der Waals surface area (Å²) in [6, 6.07) is 0. The molecule has 1 N–H and O–H groups in total. The molecule has 0 aliphatic heterocycles. The van der Waals surface area contributed by atoms with Crippen LogP contribution >= 0.6 is 0 Å². The third-order valence-electron chi connectivity index (χ3n) is 0. The molecule has 0 atom stereocenters. The van der Waals surface area contributed by atoms with Crippen molar-refractivity contribution in [1.82, 2.24) is 0 Å². The molecule has 0 unspecified atom stereocenters. The first-order valence-electron chi connectivity index (χ1n) is 0.428. The molecule has 4 heteroatoms. The van der Waals surface area contributed by atoms with Crippen LogP contribution in [0.4, 0.5) is 4.70 Å². The predicted molar refractivity (Wildman–Crippen MR) is 5.41 cm³/mol. The van der Waals surface area contributed by atoms with E-state index in [9.17, 15) is 0 Å². The van der Waals surface area contributed by atoms with Crippen molar-refractivity contribution in [2.75, 3.05) is 0 Å². The monoisotopic (exact) mass is 101 g/mol. The fourth-order valence-corrected chi connectivity index (χ4v) is 0. The Hall–Kier alpha value is 0.404. The van der Waals surface area contributed by atoms with Gasteiger partial charge in [0.05, 0.1) is 0 Å². The summed E-state index contributed by atoms with van der Waals surface area (Å²) in [4.78, 5) is 0. The fraction of sp³-hybridized carbons (Fsp3) is 0. The van der Waals surface area contributed by atoms with E-state index in [1.165, 1.54) is 0 Å². The molecule has 0 heterocycles. The van der Waals surface area contributed by atoms with Crippen molar-refractivity contribution in [3.05, 3.63) is 0 Å². The second kappa shape index (κ2) is 9.98. The summed E-state index contributed by atoms with van der Waals surface area (Å²) in [5.41, 5.74) is 0. The van der Waals surface area contributed by atoms with E-state index in [0.717, 1.165) is 0 Å². The average Bonchev–Trinajstić information content (AvgIpc) is 0.918. The summed E-state index contributed by atoms with van der Waals surface area (Å²) in [6.07, 6.45) is 0. The van der Waals surface area contributed by atoms with Gasteiger partial charge in [0.1, 0.15) is 0 Å². The van der Waals surface area contributed by atoms with Gasteiger partial charge in [-0.15, -0.1) is 0 Å². The van der Waals surface area contributed by atoms with E-state index < -0.39 is 19.5 Å². The fourth-order valence-electron chi connectivity index (χ4n) is 0. The van der Waals surface area contributed by atoms with Crippen molar-refractivity contribution in [3.8, 4) is 0 Å². The number of halogens is 1. The summed E-state index contributed by atoms with van der Waals surface area (Å²) in [5, 5.41) is 0. The minimum atomic E-state index is -1.75. The van der Waals surface area contributed by atoms with Crippen molar-refractivity contribution in [1.29, 1.82) is 0 Å². The van der Waals surface area contributed by atoms with Crippen LogP contribution in [0.1, 0.15) is 0 Å². The molecule has 2 nitrogen and oxygen atoms in total. The first kappa shape index (κ1) is 8.83. The standard InChI is InChI=1S/FH.H2O.O.Ti/h1H;1H2;;/q;;;+1/p-1. The van der Waals surface area contributed by atoms with Crippen LogP contribution in [0.15, 0.2) is 0 Å². The Kier molecular flexibility index (Phi) is 22.0. The van der Waals surface area contributed by atoms with E-state index >= 15 is 0 Å². The second-order valence-corrected chi connectivity index (χ2v) is 0.376. The maximum atomic E-state index is 8.61. The van der Waals surface area contributed by atoms with Gasteiger partial charge in [0.15, 0.2) is 0 Å². The van der Waals surface area contributed by atoms with Gasteiger partial charge in [0.25, 0.3) is 0 Å². The molecule has 0 rings (SSSR count). The quantitative estimate of drug-likeness (QED) is 0.416. The molecule has 0 aromatic heterocycles. The SMILES string of the molecule is F.[O]=[Ti][OH]. The molecule has 0 radical (unpaired) electrons. The molecular weight excluding hydrogens is 98.9 g/mol. The molecule has 0 aliphatic carbocycles. The normalized spacial score (nSPS) is 2.25. The molecular formula is H2FO2Ti. The third kappa shape index (κ3) is 29.0. The first-order chi connectivity index (χ1) is 1.41. The van der Waals surface area contributed by atoms with Crippen LogP contribution in [0.2, 0.25) is 0 Å². The summed E-state index contributed by atoms with van der Waals surface area (Å²) < 4.78 is 15.8. The van der Waals surface area contributed by atoms with Gasteiger partial charge in [-0.3, -0.25) is 4.70 Å². The van der Waals surface area contributed by atoms with Crippen molar-refractivity contribution >= 4 is 0 Å². The zero-order valence-electron chi connectivity index (χ0n) is 1.76. The van der Waals surface area contributed by atoms with Gasteiger partial charge in [-0.25, -0.2) is 0 Å². The van der Waals surface area contributed by atoms with Crippen LogP contribution in [0.5, 0.6) is 0 Å². The Morgan fingerprint density at radius 2 is 1.75 bits per heavy atom. The Morgan fingerprint density at radius 1 is 1.75 bits per heavy atom. The second-order valence-electron chi connectivity index (χ2n) is 0.0913. The molecule has 0 aliphatic rings. The number of hydrogen-bond donors (Lipinski definition) is 1. The zero-order valence-corrected chi connectivity index (χ0v) is 3.33. The van der Waals surface area contributed by atoms with Gasteiger partial charge in [-0.1, -0.05) is 0 Å². The van der Waals surface area contributed by atoms with E-state index in [1.807, 2.05) is 0 Å². The molecule has 0 amide bonds. The molecule has 0 saturated heterocycles. The van der Waals surface area contributed by atoms with E-state index in [4.69, 9.17) is 7.01 Å². The molecule has 25 valence electrons. The van der Waals surface area contributed by atoms with Crippen LogP contribution in [-0.2, 0) is 22.8 Å². The van der Waals surface area contributed by atoms with Gasteiger partial charge in [0.2, 0.25) is 0 Å². The van der Waals surface area contributed by atoms with Gasteiger partial charge in [-0.2, -0.15) is 0 Å². The topological polar surface area (TPSA) is 37.3 Å². The molecule has 0 aromatic rings. The van der Waals surface area contributed by atoms with Crippen LogP contribution < -0.4 is 0 Å². The van der Waals surface area contributed by atoms with Gasteiger partial charge in [0, 0.05) is 0 Å². The molecule has 0 aromatic carbocycles.